The van der Waals surface area contributed by atoms with Crippen molar-refractivity contribution in [3.05, 3.63) is 46.1 Å². The Bertz CT molecular complexity index is 614. The summed E-state index contributed by atoms with van der Waals surface area (Å²) < 4.78 is 38.7. The molecule has 0 aliphatic carbocycles. The van der Waals surface area contributed by atoms with Crippen molar-refractivity contribution in [3.63, 3.8) is 0 Å². The van der Waals surface area contributed by atoms with Crippen LogP contribution in [-0.2, 0) is 12.7 Å². The van der Waals surface area contributed by atoms with Crippen LogP contribution >= 0.6 is 0 Å². The van der Waals surface area contributed by atoms with Gasteiger partial charge in [0.25, 0.3) is 0 Å². The van der Waals surface area contributed by atoms with Crippen LogP contribution in [0.25, 0.3) is 5.69 Å². The maximum atomic E-state index is 12.5. The topological polar surface area (TPSA) is 76.7 Å². The molecule has 0 atom stereocenters. The number of nitrogens with zero attached hydrogens (tertiary/aromatic N) is 2. The Morgan fingerprint density at radius 2 is 2.11 bits per heavy atom. The monoisotopic (exact) mass is 258 g/mol. The number of hydrogen-bond donors (Lipinski definition) is 2. The van der Waals surface area contributed by atoms with E-state index >= 15 is 0 Å². The molecule has 2 rings (SSSR count). The lowest BCUT2D eigenvalue weighted by atomic mass is 10.1. The van der Waals surface area contributed by atoms with Crippen molar-refractivity contribution in [3.8, 4) is 5.69 Å². The molecule has 0 spiro atoms. The lowest BCUT2D eigenvalue weighted by Gasteiger charge is -2.12. The Hall–Kier alpha value is -2.09. The molecule has 0 radical (unpaired) electrons. The Morgan fingerprint density at radius 3 is 2.61 bits per heavy atom. The van der Waals surface area contributed by atoms with Crippen molar-refractivity contribution in [2.45, 2.75) is 12.7 Å². The fourth-order valence-electron chi connectivity index (χ4n) is 1.58. The van der Waals surface area contributed by atoms with E-state index in [1.54, 1.807) is 0 Å². The van der Waals surface area contributed by atoms with E-state index in [4.69, 9.17) is 5.73 Å². The summed E-state index contributed by atoms with van der Waals surface area (Å²) in [5, 5.41) is 5.66. The molecule has 1 heterocycles. The van der Waals surface area contributed by atoms with Gasteiger partial charge in [-0.15, -0.1) is 0 Å². The number of halogens is 3. The highest BCUT2D eigenvalue weighted by atomic mass is 19.4. The number of aromatic amines is 1. The van der Waals surface area contributed by atoms with Gasteiger partial charge in [-0.2, -0.15) is 18.3 Å². The average molecular weight is 258 g/mol. The van der Waals surface area contributed by atoms with Crippen LogP contribution in [0.1, 0.15) is 11.1 Å². The van der Waals surface area contributed by atoms with Crippen LogP contribution in [0.3, 0.4) is 0 Å². The first-order valence-electron chi connectivity index (χ1n) is 4.96. The first-order chi connectivity index (χ1) is 8.43. The molecule has 2 aromatic rings. The molecule has 0 bridgehead atoms. The van der Waals surface area contributed by atoms with Gasteiger partial charge in [-0.25, -0.2) is 14.5 Å². The third-order valence-corrected chi connectivity index (χ3v) is 2.44. The molecule has 1 aromatic heterocycles. The predicted octanol–water partition coefficient (Wildman–Crippen LogP) is 1.04. The molecule has 0 aliphatic rings. The summed E-state index contributed by atoms with van der Waals surface area (Å²) >= 11 is 0. The Kier molecular flexibility index (Phi) is 2.95. The molecular weight excluding hydrogens is 249 g/mol. The molecule has 1 aromatic carbocycles. The van der Waals surface area contributed by atoms with Crippen molar-refractivity contribution in [1.29, 1.82) is 0 Å². The van der Waals surface area contributed by atoms with Crippen molar-refractivity contribution >= 4 is 0 Å². The predicted molar refractivity (Wildman–Crippen MR) is 57.1 cm³/mol. The number of hydrogen-bond acceptors (Lipinski definition) is 3. The molecule has 0 unspecified atom stereocenters. The Labute approximate surface area is 99.0 Å². The van der Waals surface area contributed by atoms with Crippen LogP contribution in [0.15, 0.2) is 29.3 Å². The zero-order valence-corrected chi connectivity index (χ0v) is 9.03. The second kappa shape index (κ2) is 4.30. The van der Waals surface area contributed by atoms with Gasteiger partial charge >= 0.3 is 11.9 Å². The highest BCUT2D eigenvalue weighted by Crippen LogP contribution is 2.31. The molecular formula is C10H9F3N4O. The molecule has 8 heteroatoms. The quantitative estimate of drug-likeness (QED) is 0.844. The normalized spacial score (nSPS) is 11.8. The molecule has 96 valence electrons. The van der Waals surface area contributed by atoms with E-state index in [1.807, 2.05) is 0 Å². The van der Waals surface area contributed by atoms with Crippen LogP contribution in [0, 0.1) is 0 Å². The number of H-pyrrole nitrogens is 1. The molecule has 5 nitrogen and oxygen atoms in total. The van der Waals surface area contributed by atoms with Crippen LogP contribution in [-0.4, -0.2) is 14.8 Å². The zero-order chi connectivity index (χ0) is 13.3. The summed E-state index contributed by atoms with van der Waals surface area (Å²) in [6.45, 7) is -0.114. The van der Waals surface area contributed by atoms with E-state index in [2.05, 4.69) is 10.2 Å². The highest BCUT2D eigenvalue weighted by molar-refractivity contribution is 5.44. The third-order valence-electron chi connectivity index (χ3n) is 2.44. The van der Waals surface area contributed by atoms with Gasteiger partial charge in [-0.05, 0) is 23.8 Å². The van der Waals surface area contributed by atoms with E-state index < -0.39 is 17.4 Å². The van der Waals surface area contributed by atoms with Crippen molar-refractivity contribution in [2.75, 3.05) is 0 Å². The van der Waals surface area contributed by atoms with Crippen LogP contribution in [0.5, 0.6) is 0 Å². The summed E-state index contributed by atoms with van der Waals surface area (Å²) in [7, 11) is 0. The highest BCUT2D eigenvalue weighted by Gasteiger charge is 2.31. The van der Waals surface area contributed by atoms with Gasteiger partial charge in [-0.1, -0.05) is 0 Å². The first kappa shape index (κ1) is 12.4. The van der Waals surface area contributed by atoms with Crippen molar-refractivity contribution in [1.82, 2.24) is 14.8 Å². The summed E-state index contributed by atoms with van der Waals surface area (Å²) in [4.78, 5) is 11.4. The molecule has 0 fully saturated rings. The summed E-state index contributed by atoms with van der Waals surface area (Å²) in [6.07, 6.45) is -3.26. The summed E-state index contributed by atoms with van der Waals surface area (Å²) in [5.74, 6) is 0. The third kappa shape index (κ3) is 2.14. The number of aromatic nitrogens is 3. The maximum Gasteiger partial charge on any atom is 0.416 e. The van der Waals surface area contributed by atoms with Crippen LogP contribution < -0.4 is 11.4 Å². The van der Waals surface area contributed by atoms with Gasteiger partial charge in [0, 0.05) is 6.54 Å². The SMILES string of the molecule is NCc1cc(C(F)(F)F)ccc1-n1cn[nH]c1=O. The van der Waals surface area contributed by atoms with Gasteiger partial charge in [0.2, 0.25) is 0 Å². The minimum absolute atomic E-state index is 0.114. The number of nitrogens with one attached hydrogen (secondary N) is 1. The van der Waals surface area contributed by atoms with Gasteiger partial charge in [0.05, 0.1) is 11.3 Å². The van der Waals surface area contributed by atoms with E-state index in [9.17, 15) is 18.0 Å². The number of nitrogens with two attached hydrogens (primary N) is 1. The minimum Gasteiger partial charge on any atom is -0.326 e. The second-order valence-electron chi connectivity index (χ2n) is 3.58. The van der Waals surface area contributed by atoms with Crippen LogP contribution in [0.4, 0.5) is 13.2 Å². The first-order valence-corrected chi connectivity index (χ1v) is 4.96. The van der Waals surface area contributed by atoms with Gasteiger partial charge in [0.1, 0.15) is 6.33 Å². The minimum atomic E-state index is -4.44. The van der Waals surface area contributed by atoms with E-state index in [-0.39, 0.29) is 17.8 Å². The van der Waals surface area contributed by atoms with Crippen LogP contribution in [0.2, 0.25) is 0 Å². The van der Waals surface area contributed by atoms with Gasteiger partial charge in [-0.3, -0.25) is 0 Å². The number of benzene rings is 1. The smallest absolute Gasteiger partial charge is 0.326 e. The molecule has 0 aliphatic heterocycles. The summed E-state index contributed by atoms with van der Waals surface area (Å²) in [5.41, 5.74) is 4.56. The Morgan fingerprint density at radius 1 is 1.39 bits per heavy atom. The van der Waals surface area contributed by atoms with Crippen molar-refractivity contribution in [2.24, 2.45) is 5.73 Å². The number of alkyl halides is 3. The largest absolute Gasteiger partial charge is 0.416 e. The maximum absolute atomic E-state index is 12.5. The average Bonchev–Trinajstić information content (AvgIpc) is 2.73. The molecule has 0 saturated heterocycles. The lowest BCUT2D eigenvalue weighted by molar-refractivity contribution is -0.137. The van der Waals surface area contributed by atoms with E-state index in [0.717, 1.165) is 16.7 Å². The van der Waals surface area contributed by atoms with Crippen molar-refractivity contribution < 1.29 is 13.2 Å². The molecule has 0 amide bonds. The number of rotatable bonds is 2. The fraction of sp³-hybridized carbons (Fsp3) is 0.200. The lowest BCUT2D eigenvalue weighted by Crippen LogP contribution is -2.17. The van der Waals surface area contributed by atoms with E-state index in [1.165, 1.54) is 12.4 Å². The second-order valence-corrected chi connectivity index (χ2v) is 3.58. The standard InChI is InChI=1S/C10H9F3N4O/c11-10(12,13)7-1-2-8(6(3-7)4-14)17-5-15-16-9(17)18/h1-3,5H,4,14H2,(H,16,18). The molecule has 3 N–H and O–H groups in total. The summed E-state index contributed by atoms with van der Waals surface area (Å²) in [6, 6.07) is 3.02. The molecule has 0 saturated carbocycles. The fourth-order valence-corrected chi connectivity index (χ4v) is 1.58. The van der Waals surface area contributed by atoms with Gasteiger partial charge in [0.15, 0.2) is 0 Å². The van der Waals surface area contributed by atoms with E-state index in [0.29, 0.717) is 0 Å². The zero-order valence-electron chi connectivity index (χ0n) is 9.03. The molecule has 18 heavy (non-hydrogen) atoms. The van der Waals surface area contributed by atoms with Gasteiger partial charge < -0.3 is 5.73 Å². The Balaban J connectivity index is 2.58.